The standard InChI is InChI=1S/C18H21N3O3/c22-18(20-14-3-1-6-19-10-14)16-9-13-5-7-21(12-17(13)24-16)11-15-4-2-8-23-15/h1-4,6,8,10,13,16-17H,5,7,9,11-12H2,(H,20,22)/t13-,16-,17-/m0/s1. The molecule has 0 bridgehead atoms. The molecule has 0 aromatic carbocycles. The van der Waals surface area contributed by atoms with Crippen molar-refractivity contribution in [3.05, 3.63) is 48.7 Å². The number of carbonyl (C=O) groups is 1. The van der Waals surface area contributed by atoms with Gasteiger partial charge in [0, 0.05) is 12.7 Å². The van der Waals surface area contributed by atoms with Gasteiger partial charge in [-0.05, 0) is 49.6 Å². The van der Waals surface area contributed by atoms with Gasteiger partial charge in [0.15, 0.2) is 0 Å². The average Bonchev–Trinajstić information content (AvgIpc) is 3.25. The molecule has 6 nitrogen and oxygen atoms in total. The molecule has 2 saturated heterocycles. The van der Waals surface area contributed by atoms with Crippen LogP contribution in [0.3, 0.4) is 0 Å². The van der Waals surface area contributed by atoms with Crippen molar-refractivity contribution in [3.63, 3.8) is 0 Å². The predicted molar refractivity (Wildman–Crippen MR) is 88.2 cm³/mol. The second-order valence-electron chi connectivity index (χ2n) is 6.49. The maximum Gasteiger partial charge on any atom is 0.253 e. The van der Waals surface area contributed by atoms with Gasteiger partial charge in [-0.15, -0.1) is 0 Å². The molecule has 0 unspecified atom stereocenters. The number of rotatable bonds is 4. The monoisotopic (exact) mass is 327 g/mol. The number of likely N-dealkylation sites (tertiary alicyclic amines) is 1. The molecule has 1 amide bonds. The highest BCUT2D eigenvalue weighted by molar-refractivity contribution is 5.94. The van der Waals surface area contributed by atoms with Gasteiger partial charge in [-0.3, -0.25) is 14.7 Å². The number of ether oxygens (including phenoxy) is 1. The zero-order valence-electron chi connectivity index (χ0n) is 13.4. The van der Waals surface area contributed by atoms with E-state index in [2.05, 4.69) is 15.2 Å². The number of nitrogens with one attached hydrogen (secondary N) is 1. The van der Waals surface area contributed by atoms with Crippen molar-refractivity contribution in [1.29, 1.82) is 0 Å². The lowest BCUT2D eigenvalue weighted by molar-refractivity contribution is -0.127. The summed E-state index contributed by atoms with van der Waals surface area (Å²) in [6, 6.07) is 7.54. The number of hydrogen-bond donors (Lipinski definition) is 1. The van der Waals surface area contributed by atoms with E-state index in [1.165, 1.54) is 0 Å². The molecule has 2 aliphatic heterocycles. The summed E-state index contributed by atoms with van der Waals surface area (Å²) in [5.41, 5.74) is 0.709. The van der Waals surface area contributed by atoms with E-state index in [0.29, 0.717) is 11.6 Å². The number of anilines is 1. The molecule has 126 valence electrons. The Hall–Kier alpha value is -2.18. The highest BCUT2D eigenvalue weighted by atomic mass is 16.5. The van der Waals surface area contributed by atoms with E-state index in [-0.39, 0.29) is 18.1 Å². The predicted octanol–water partition coefficient (Wildman–Crippen LogP) is 2.29. The Morgan fingerprint density at radius 1 is 1.38 bits per heavy atom. The Labute approximate surface area is 140 Å². The molecule has 3 atom stereocenters. The van der Waals surface area contributed by atoms with Crippen molar-refractivity contribution in [2.45, 2.75) is 31.6 Å². The van der Waals surface area contributed by atoms with E-state index in [9.17, 15) is 4.79 Å². The fourth-order valence-electron chi connectivity index (χ4n) is 3.59. The fraction of sp³-hybridized carbons (Fsp3) is 0.444. The van der Waals surface area contributed by atoms with E-state index in [1.54, 1.807) is 24.7 Å². The summed E-state index contributed by atoms with van der Waals surface area (Å²) < 4.78 is 11.5. The third-order valence-electron chi connectivity index (χ3n) is 4.82. The zero-order valence-corrected chi connectivity index (χ0v) is 13.4. The Morgan fingerprint density at radius 2 is 2.33 bits per heavy atom. The van der Waals surface area contributed by atoms with Crippen LogP contribution in [0.1, 0.15) is 18.6 Å². The minimum atomic E-state index is -0.372. The minimum Gasteiger partial charge on any atom is -0.468 e. The Balaban J connectivity index is 1.33. The molecule has 0 radical (unpaired) electrons. The lowest BCUT2D eigenvalue weighted by Crippen LogP contribution is -2.41. The number of nitrogens with zero attached hydrogens (tertiary/aromatic N) is 2. The number of aromatic nitrogens is 1. The van der Waals surface area contributed by atoms with E-state index in [4.69, 9.17) is 9.15 Å². The van der Waals surface area contributed by atoms with Gasteiger partial charge in [-0.1, -0.05) is 0 Å². The highest BCUT2D eigenvalue weighted by Gasteiger charge is 2.41. The van der Waals surface area contributed by atoms with Crippen molar-refractivity contribution in [2.75, 3.05) is 18.4 Å². The summed E-state index contributed by atoms with van der Waals surface area (Å²) in [5.74, 6) is 1.36. The van der Waals surface area contributed by atoms with Crippen LogP contribution in [0.2, 0.25) is 0 Å². The molecular formula is C18H21N3O3. The third-order valence-corrected chi connectivity index (χ3v) is 4.82. The van der Waals surface area contributed by atoms with Gasteiger partial charge in [0.2, 0.25) is 0 Å². The summed E-state index contributed by atoms with van der Waals surface area (Å²) in [6.07, 6.45) is 6.64. The second kappa shape index (κ2) is 6.75. The number of fused-ring (bicyclic) bond motifs is 1. The van der Waals surface area contributed by atoms with Gasteiger partial charge in [0.25, 0.3) is 5.91 Å². The smallest absolute Gasteiger partial charge is 0.253 e. The van der Waals surface area contributed by atoms with Crippen LogP contribution in [-0.4, -0.2) is 41.1 Å². The van der Waals surface area contributed by atoms with Crippen LogP contribution in [0.25, 0.3) is 0 Å². The molecule has 2 aromatic heterocycles. The van der Waals surface area contributed by atoms with Crippen LogP contribution in [0.15, 0.2) is 47.3 Å². The number of carbonyl (C=O) groups excluding carboxylic acids is 1. The topological polar surface area (TPSA) is 67.6 Å². The maximum absolute atomic E-state index is 12.4. The summed E-state index contributed by atoms with van der Waals surface area (Å²) in [7, 11) is 0. The van der Waals surface area contributed by atoms with Crippen LogP contribution >= 0.6 is 0 Å². The molecule has 0 spiro atoms. The van der Waals surface area contributed by atoms with Gasteiger partial charge >= 0.3 is 0 Å². The normalized spacial score (nSPS) is 26.9. The van der Waals surface area contributed by atoms with E-state index >= 15 is 0 Å². The van der Waals surface area contributed by atoms with Crippen molar-refractivity contribution < 1.29 is 13.9 Å². The number of hydrogen-bond acceptors (Lipinski definition) is 5. The lowest BCUT2D eigenvalue weighted by atomic mass is 9.91. The molecule has 1 N–H and O–H groups in total. The number of furan rings is 1. The first-order valence-electron chi connectivity index (χ1n) is 8.39. The number of amides is 1. The van der Waals surface area contributed by atoms with Gasteiger partial charge in [0.05, 0.1) is 30.8 Å². The van der Waals surface area contributed by atoms with Crippen molar-refractivity contribution in [2.24, 2.45) is 5.92 Å². The number of piperidine rings is 1. The summed E-state index contributed by atoms with van der Waals surface area (Å²) in [5, 5.41) is 2.89. The second-order valence-corrected chi connectivity index (χ2v) is 6.49. The van der Waals surface area contributed by atoms with Crippen molar-refractivity contribution >= 4 is 11.6 Å². The average molecular weight is 327 g/mol. The quantitative estimate of drug-likeness (QED) is 0.933. The maximum atomic E-state index is 12.4. The van der Waals surface area contributed by atoms with Crippen LogP contribution in [0.4, 0.5) is 5.69 Å². The first-order valence-corrected chi connectivity index (χ1v) is 8.39. The molecule has 4 rings (SSSR count). The van der Waals surface area contributed by atoms with Crippen LogP contribution in [-0.2, 0) is 16.1 Å². The van der Waals surface area contributed by atoms with Gasteiger partial charge in [-0.25, -0.2) is 0 Å². The Bertz CT molecular complexity index is 674. The van der Waals surface area contributed by atoms with E-state index in [0.717, 1.165) is 38.2 Å². The molecule has 0 saturated carbocycles. The summed E-state index contributed by atoms with van der Waals surface area (Å²) >= 11 is 0. The highest BCUT2D eigenvalue weighted by Crippen LogP contribution is 2.34. The van der Waals surface area contributed by atoms with E-state index in [1.807, 2.05) is 18.2 Å². The zero-order chi connectivity index (χ0) is 16.4. The Kier molecular flexibility index (Phi) is 4.32. The first-order chi connectivity index (χ1) is 11.8. The largest absolute Gasteiger partial charge is 0.468 e. The van der Waals surface area contributed by atoms with Crippen LogP contribution in [0, 0.1) is 5.92 Å². The fourth-order valence-corrected chi connectivity index (χ4v) is 3.59. The van der Waals surface area contributed by atoms with Gasteiger partial charge < -0.3 is 14.5 Å². The lowest BCUT2D eigenvalue weighted by Gasteiger charge is -2.33. The molecule has 2 fully saturated rings. The summed E-state index contributed by atoms with van der Waals surface area (Å²) in [4.78, 5) is 18.7. The third kappa shape index (κ3) is 3.34. The molecule has 0 aliphatic carbocycles. The van der Waals surface area contributed by atoms with Crippen molar-refractivity contribution in [3.8, 4) is 0 Å². The SMILES string of the molecule is O=C(Nc1cccnc1)[C@@H]1C[C@@H]2CCN(Cc3ccco3)C[C@@H]2O1. The molecular weight excluding hydrogens is 306 g/mol. The first kappa shape index (κ1) is 15.4. The molecule has 2 aromatic rings. The number of pyridine rings is 1. The van der Waals surface area contributed by atoms with Crippen molar-refractivity contribution in [1.82, 2.24) is 9.88 Å². The molecule has 6 heteroatoms. The minimum absolute atomic E-state index is 0.0741. The molecule has 24 heavy (non-hydrogen) atoms. The van der Waals surface area contributed by atoms with Crippen LogP contribution < -0.4 is 5.32 Å². The van der Waals surface area contributed by atoms with Gasteiger partial charge in [0.1, 0.15) is 11.9 Å². The molecule has 4 heterocycles. The van der Waals surface area contributed by atoms with Gasteiger partial charge in [-0.2, -0.15) is 0 Å². The molecule has 2 aliphatic rings. The van der Waals surface area contributed by atoms with E-state index < -0.39 is 0 Å². The summed E-state index contributed by atoms with van der Waals surface area (Å²) in [6.45, 7) is 2.66. The van der Waals surface area contributed by atoms with Crippen LogP contribution in [0.5, 0.6) is 0 Å². The Morgan fingerprint density at radius 3 is 3.12 bits per heavy atom.